The highest BCUT2D eigenvalue weighted by Gasteiger charge is 2.27. The van der Waals surface area contributed by atoms with Crippen LogP contribution in [0.25, 0.3) is 6.08 Å². The molecule has 0 saturated carbocycles. The van der Waals surface area contributed by atoms with Gasteiger partial charge in [0, 0.05) is 5.56 Å². The second-order valence-electron chi connectivity index (χ2n) is 6.50. The Hall–Kier alpha value is -3.24. The number of para-hydroxylation sites is 1. The van der Waals surface area contributed by atoms with Crippen LogP contribution in [-0.4, -0.2) is 11.7 Å². The van der Waals surface area contributed by atoms with Gasteiger partial charge < -0.3 is 19.3 Å². The largest absolute Gasteiger partial charge is 0.490 e. The Morgan fingerprint density at radius 3 is 2.50 bits per heavy atom. The van der Waals surface area contributed by atoms with E-state index in [2.05, 4.69) is 0 Å². The molecular weight excluding hydrogens is 352 g/mol. The Kier molecular flexibility index (Phi) is 5.31. The van der Waals surface area contributed by atoms with E-state index in [9.17, 15) is 5.11 Å². The molecule has 3 aromatic carbocycles. The molecule has 4 rings (SSSR count). The van der Waals surface area contributed by atoms with Gasteiger partial charge in [-0.15, -0.1) is 0 Å². The van der Waals surface area contributed by atoms with Gasteiger partial charge in [-0.05, 0) is 42.3 Å². The molecule has 4 nitrogen and oxygen atoms in total. The second kappa shape index (κ2) is 8.19. The fourth-order valence-corrected chi connectivity index (χ4v) is 3.15. The van der Waals surface area contributed by atoms with E-state index in [1.807, 2.05) is 85.8 Å². The van der Waals surface area contributed by atoms with Gasteiger partial charge in [0.05, 0.1) is 6.61 Å². The maximum absolute atomic E-state index is 10.5. The first-order valence-corrected chi connectivity index (χ1v) is 9.34. The molecule has 1 atom stereocenters. The van der Waals surface area contributed by atoms with Gasteiger partial charge in [0.15, 0.2) is 11.5 Å². The molecule has 1 aliphatic rings. The van der Waals surface area contributed by atoms with Gasteiger partial charge in [0.25, 0.3) is 0 Å². The van der Waals surface area contributed by atoms with E-state index in [1.54, 1.807) is 0 Å². The Morgan fingerprint density at radius 1 is 0.929 bits per heavy atom. The molecule has 0 radical (unpaired) electrons. The molecule has 0 saturated heterocycles. The zero-order chi connectivity index (χ0) is 19.3. The summed E-state index contributed by atoms with van der Waals surface area (Å²) in [7, 11) is 0. The van der Waals surface area contributed by atoms with Crippen LogP contribution in [0.1, 0.15) is 29.7 Å². The summed E-state index contributed by atoms with van der Waals surface area (Å²) in [6.45, 7) is 2.94. The monoisotopic (exact) mass is 374 g/mol. The van der Waals surface area contributed by atoms with Crippen molar-refractivity contribution in [3.05, 3.63) is 95.2 Å². The molecule has 0 aromatic heterocycles. The smallest absolute Gasteiger partial charge is 0.161 e. The van der Waals surface area contributed by atoms with Crippen LogP contribution in [0.5, 0.6) is 17.2 Å². The summed E-state index contributed by atoms with van der Waals surface area (Å²) in [5.41, 5.74) is 2.75. The molecule has 0 spiro atoms. The van der Waals surface area contributed by atoms with Crippen molar-refractivity contribution < 1.29 is 19.3 Å². The average Bonchev–Trinajstić information content (AvgIpc) is 3.04. The minimum Gasteiger partial charge on any atom is -0.490 e. The van der Waals surface area contributed by atoms with Gasteiger partial charge in [0.2, 0.25) is 0 Å². The van der Waals surface area contributed by atoms with Crippen molar-refractivity contribution >= 4 is 6.08 Å². The molecule has 142 valence electrons. The standard InChI is InChI=1S/C24H22O4/c1-2-26-22-14-18(12-13-21(22)27-16-17-8-4-3-5-9-17)15-23-24(25)19-10-6-7-11-20(19)28-23/h3-15,24-25H,2,16H2,1H3/b23-15-. The minimum absolute atomic E-state index is 0.471. The second-order valence-corrected chi connectivity index (χ2v) is 6.50. The van der Waals surface area contributed by atoms with Crippen molar-refractivity contribution in [3.63, 3.8) is 0 Å². The van der Waals surface area contributed by atoms with Crippen molar-refractivity contribution in [1.82, 2.24) is 0 Å². The van der Waals surface area contributed by atoms with E-state index < -0.39 is 6.10 Å². The number of aliphatic hydroxyl groups excluding tert-OH is 1. The first-order valence-electron chi connectivity index (χ1n) is 9.34. The molecule has 1 aliphatic heterocycles. The summed E-state index contributed by atoms with van der Waals surface area (Å²) in [6.07, 6.45) is 1.06. The fraction of sp³-hybridized carbons (Fsp3) is 0.167. The van der Waals surface area contributed by atoms with Crippen molar-refractivity contribution in [2.45, 2.75) is 19.6 Å². The lowest BCUT2D eigenvalue weighted by Gasteiger charge is -2.13. The molecule has 0 aliphatic carbocycles. The predicted octanol–water partition coefficient (Wildman–Crippen LogP) is 5.13. The van der Waals surface area contributed by atoms with E-state index in [0.717, 1.165) is 16.7 Å². The van der Waals surface area contributed by atoms with Crippen LogP contribution in [0.4, 0.5) is 0 Å². The Bertz CT molecular complexity index is 979. The zero-order valence-corrected chi connectivity index (χ0v) is 15.7. The minimum atomic E-state index is -0.763. The highest BCUT2D eigenvalue weighted by molar-refractivity contribution is 5.61. The van der Waals surface area contributed by atoms with Crippen molar-refractivity contribution in [3.8, 4) is 17.2 Å². The lowest BCUT2D eigenvalue weighted by molar-refractivity contribution is 0.193. The predicted molar refractivity (Wildman–Crippen MR) is 108 cm³/mol. The number of benzene rings is 3. The van der Waals surface area contributed by atoms with Crippen LogP contribution in [0.2, 0.25) is 0 Å². The van der Waals surface area contributed by atoms with Crippen LogP contribution in [0.3, 0.4) is 0 Å². The van der Waals surface area contributed by atoms with Crippen molar-refractivity contribution in [1.29, 1.82) is 0 Å². The molecule has 0 amide bonds. The third-order valence-corrected chi connectivity index (χ3v) is 4.52. The molecule has 28 heavy (non-hydrogen) atoms. The third kappa shape index (κ3) is 3.87. The van der Waals surface area contributed by atoms with Crippen LogP contribution in [0.15, 0.2) is 78.6 Å². The topological polar surface area (TPSA) is 47.9 Å². The lowest BCUT2D eigenvalue weighted by Crippen LogP contribution is -2.00. The molecule has 1 unspecified atom stereocenters. The van der Waals surface area contributed by atoms with Gasteiger partial charge >= 0.3 is 0 Å². The van der Waals surface area contributed by atoms with E-state index in [-0.39, 0.29) is 0 Å². The van der Waals surface area contributed by atoms with Crippen LogP contribution < -0.4 is 14.2 Å². The first-order chi connectivity index (χ1) is 13.7. The number of hydrogen-bond donors (Lipinski definition) is 1. The van der Waals surface area contributed by atoms with Crippen LogP contribution in [-0.2, 0) is 6.61 Å². The summed E-state index contributed by atoms with van der Waals surface area (Å²) in [5.74, 6) is 2.54. The Morgan fingerprint density at radius 2 is 1.71 bits per heavy atom. The Balaban J connectivity index is 1.55. The Labute approximate surface area is 164 Å². The van der Waals surface area contributed by atoms with Gasteiger partial charge in [0.1, 0.15) is 24.2 Å². The number of hydrogen-bond acceptors (Lipinski definition) is 4. The third-order valence-electron chi connectivity index (χ3n) is 4.52. The average molecular weight is 374 g/mol. The highest BCUT2D eigenvalue weighted by atomic mass is 16.5. The molecule has 0 bridgehead atoms. The number of rotatable bonds is 6. The molecule has 4 heteroatoms. The first kappa shape index (κ1) is 18.1. The van der Waals surface area contributed by atoms with E-state index in [0.29, 0.717) is 36.2 Å². The quantitative estimate of drug-likeness (QED) is 0.650. The van der Waals surface area contributed by atoms with Gasteiger partial charge in [-0.3, -0.25) is 0 Å². The molecular formula is C24H22O4. The normalized spacial score (nSPS) is 16.5. The number of fused-ring (bicyclic) bond motifs is 1. The van der Waals surface area contributed by atoms with Crippen LogP contribution >= 0.6 is 0 Å². The maximum Gasteiger partial charge on any atom is 0.161 e. The number of aliphatic hydroxyl groups is 1. The summed E-state index contributed by atoms with van der Waals surface area (Å²) in [5, 5.41) is 10.5. The summed E-state index contributed by atoms with van der Waals surface area (Å²) < 4.78 is 17.5. The summed E-state index contributed by atoms with van der Waals surface area (Å²) >= 11 is 0. The van der Waals surface area contributed by atoms with Crippen molar-refractivity contribution in [2.24, 2.45) is 0 Å². The van der Waals surface area contributed by atoms with Gasteiger partial charge in [-0.2, -0.15) is 0 Å². The van der Waals surface area contributed by atoms with E-state index in [4.69, 9.17) is 14.2 Å². The van der Waals surface area contributed by atoms with Gasteiger partial charge in [-0.25, -0.2) is 0 Å². The summed E-state index contributed by atoms with van der Waals surface area (Å²) in [4.78, 5) is 0. The highest BCUT2D eigenvalue weighted by Crippen LogP contribution is 2.40. The fourth-order valence-electron chi connectivity index (χ4n) is 3.15. The van der Waals surface area contributed by atoms with Crippen LogP contribution in [0, 0.1) is 0 Å². The lowest BCUT2D eigenvalue weighted by atomic mass is 10.1. The summed E-state index contributed by atoms with van der Waals surface area (Å²) in [6, 6.07) is 23.2. The van der Waals surface area contributed by atoms with E-state index >= 15 is 0 Å². The van der Waals surface area contributed by atoms with E-state index in [1.165, 1.54) is 0 Å². The molecule has 1 heterocycles. The zero-order valence-electron chi connectivity index (χ0n) is 15.7. The molecule has 1 N–H and O–H groups in total. The number of ether oxygens (including phenoxy) is 3. The SMILES string of the molecule is CCOc1cc(/C=C2\Oc3ccccc3C2O)ccc1OCc1ccccc1. The molecule has 0 fully saturated rings. The van der Waals surface area contributed by atoms with Gasteiger partial charge in [-0.1, -0.05) is 54.6 Å². The van der Waals surface area contributed by atoms with Crippen molar-refractivity contribution in [2.75, 3.05) is 6.61 Å². The molecule has 3 aromatic rings. The maximum atomic E-state index is 10.5.